The zero-order valence-corrected chi connectivity index (χ0v) is 10.9. The van der Waals surface area contributed by atoms with E-state index in [1.807, 2.05) is 41.8 Å². The maximum atomic E-state index is 12.0. The summed E-state index contributed by atoms with van der Waals surface area (Å²) in [6, 6.07) is 12.0. The molecule has 0 aliphatic carbocycles. The highest BCUT2D eigenvalue weighted by molar-refractivity contribution is 5.83. The van der Waals surface area contributed by atoms with Crippen molar-refractivity contribution in [3.05, 3.63) is 63.8 Å². The Balaban J connectivity index is 2.28. The molecule has 5 heteroatoms. The van der Waals surface area contributed by atoms with Gasteiger partial charge in [0.25, 0.3) is 5.56 Å². The minimum absolute atomic E-state index is 0.226. The van der Waals surface area contributed by atoms with Crippen LogP contribution < -0.4 is 5.56 Å². The Kier molecular flexibility index (Phi) is 2.84. The second-order valence-corrected chi connectivity index (χ2v) is 4.57. The first-order valence-corrected chi connectivity index (χ1v) is 6.23. The largest absolute Gasteiger partial charge is 0.333 e. The minimum Gasteiger partial charge on any atom is -0.333 e. The summed E-state index contributed by atoms with van der Waals surface area (Å²) in [6.07, 6.45) is 1.33. The zero-order valence-electron chi connectivity index (χ0n) is 10.9. The molecule has 1 N–H and O–H groups in total. The number of aromatic amines is 1. The van der Waals surface area contributed by atoms with Gasteiger partial charge in [-0.3, -0.25) is 4.79 Å². The van der Waals surface area contributed by atoms with Gasteiger partial charge in [0.05, 0.1) is 11.9 Å². The van der Waals surface area contributed by atoms with Crippen molar-refractivity contribution in [2.75, 3.05) is 0 Å². The number of hydrogen-bond donors (Lipinski definition) is 1. The Bertz CT molecular complexity index is 869. The van der Waals surface area contributed by atoms with Gasteiger partial charge in [0.15, 0.2) is 0 Å². The third-order valence-corrected chi connectivity index (χ3v) is 3.40. The van der Waals surface area contributed by atoms with E-state index in [0.29, 0.717) is 23.1 Å². The monoisotopic (exact) mass is 264 g/mol. The summed E-state index contributed by atoms with van der Waals surface area (Å²) < 4.78 is 1.84. The van der Waals surface area contributed by atoms with Crippen molar-refractivity contribution in [1.82, 2.24) is 14.5 Å². The van der Waals surface area contributed by atoms with E-state index in [-0.39, 0.29) is 5.56 Å². The second-order valence-electron chi connectivity index (χ2n) is 4.57. The molecule has 0 amide bonds. The van der Waals surface area contributed by atoms with Crippen molar-refractivity contribution in [3.8, 4) is 6.07 Å². The SMILES string of the molecule is Cc1c(C#N)c2nc[nH]c(=O)c2n1Cc1ccccc1. The standard InChI is InChI=1S/C15H12N4O/c1-10-12(7-16)13-14(15(20)18-9-17-13)19(10)8-11-5-3-2-4-6-11/h2-6,9H,8H2,1H3,(H,17,18,20). The van der Waals surface area contributed by atoms with Gasteiger partial charge in [0, 0.05) is 12.2 Å². The van der Waals surface area contributed by atoms with Crippen molar-refractivity contribution >= 4 is 11.0 Å². The predicted octanol–water partition coefficient (Wildman–Crippen LogP) is 1.95. The molecule has 2 aromatic heterocycles. The number of fused-ring (bicyclic) bond motifs is 1. The van der Waals surface area contributed by atoms with Crippen LogP contribution in [-0.4, -0.2) is 14.5 Å². The van der Waals surface area contributed by atoms with E-state index in [4.69, 9.17) is 0 Å². The van der Waals surface area contributed by atoms with Gasteiger partial charge in [-0.1, -0.05) is 30.3 Å². The van der Waals surface area contributed by atoms with Crippen molar-refractivity contribution < 1.29 is 0 Å². The number of nitrogens with one attached hydrogen (secondary N) is 1. The van der Waals surface area contributed by atoms with Gasteiger partial charge >= 0.3 is 0 Å². The van der Waals surface area contributed by atoms with Crippen LogP contribution >= 0.6 is 0 Å². The number of rotatable bonds is 2. The molecule has 3 aromatic rings. The summed E-state index contributed by atoms with van der Waals surface area (Å²) in [6.45, 7) is 2.38. The molecule has 0 radical (unpaired) electrons. The van der Waals surface area contributed by atoms with Gasteiger partial charge in [-0.05, 0) is 12.5 Å². The molecule has 0 bridgehead atoms. The van der Waals surface area contributed by atoms with E-state index in [1.54, 1.807) is 0 Å². The number of nitriles is 1. The summed E-state index contributed by atoms with van der Waals surface area (Å²) in [7, 11) is 0. The van der Waals surface area contributed by atoms with Crippen molar-refractivity contribution in [2.45, 2.75) is 13.5 Å². The third-order valence-electron chi connectivity index (χ3n) is 3.40. The molecule has 0 fully saturated rings. The first kappa shape index (κ1) is 12.2. The Morgan fingerprint density at radius 3 is 2.80 bits per heavy atom. The molecule has 2 heterocycles. The molecule has 5 nitrogen and oxygen atoms in total. The lowest BCUT2D eigenvalue weighted by atomic mass is 10.2. The first-order chi connectivity index (χ1) is 9.72. The minimum atomic E-state index is -0.226. The lowest BCUT2D eigenvalue weighted by Gasteiger charge is -2.07. The summed E-state index contributed by atoms with van der Waals surface area (Å²) >= 11 is 0. The Hall–Kier alpha value is -2.87. The van der Waals surface area contributed by atoms with Crippen LogP contribution in [0.15, 0.2) is 41.5 Å². The normalized spacial score (nSPS) is 10.6. The van der Waals surface area contributed by atoms with Crippen LogP contribution in [0.5, 0.6) is 0 Å². The Morgan fingerprint density at radius 1 is 1.35 bits per heavy atom. The molecule has 0 aliphatic rings. The molecule has 0 spiro atoms. The summed E-state index contributed by atoms with van der Waals surface area (Å²) in [4.78, 5) is 18.8. The molecular formula is C15H12N4O. The molecule has 98 valence electrons. The Morgan fingerprint density at radius 2 is 2.10 bits per heavy atom. The van der Waals surface area contributed by atoms with Crippen LogP contribution in [0.4, 0.5) is 0 Å². The van der Waals surface area contributed by atoms with E-state index in [1.165, 1.54) is 6.33 Å². The molecule has 0 unspecified atom stereocenters. The topological polar surface area (TPSA) is 74.5 Å². The maximum Gasteiger partial charge on any atom is 0.275 e. The molecule has 20 heavy (non-hydrogen) atoms. The number of H-pyrrole nitrogens is 1. The number of benzene rings is 1. The molecule has 1 aromatic carbocycles. The third kappa shape index (κ3) is 1.79. The van der Waals surface area contributed by atoms with Crippen LogP contribution in [0.3, 0.4) is 0 Å². The van der Waals surface area contributed by atoms with Crippen molar-refractivity contribution in [3.63, 3.8) is 0 Å². The van der Waals surface area contributed by atoms with Gasteiger partial charge in [-0.25, -0.2) is 4.98 Å². The lowest BCUT2D eigenvalue weighted by molar-refractivity contribution is 0.798. The molecule has 0 atom stereocenters. The van der Waals surface area contributed by atoms with E-state index in [9.17, 15) is 10.1 Å². The summed E-state index contributed by atoms with van der Waals surface area (Å²) in [5.41, 5.74) is 2.98. The quantitative estimate of drug-likeness (QED) is 0.768. The smallest absolute Gasteiger partial charge is 0.275 e. The van der Waals surface area contributed by atoms with Gasteiger partial charge in [0.2, 0.25) is 0 Å². The second kappa shape index (κ2) is 4.67. The average molecular weight is 264 g/mol. The molecule has 0 aliphatic heterocycles. The molecule has 3 rings (SSSR count). The van der Waals surface area contributed by atoms with Gasteiger partial charge in [-0.15, -0.1) is 0 Å². The van der Waals surface area contributed by atoms with Crippen LogP contribution in [0.1, 0.15) is 16.8 Å². The fourth-order valence-electron chi connectivity index (χ4n) is 2.40. The maximum absolute atomic E-state index is 12.0. The van der Waals surface area contributed by atoms with Crippen LogP contribution in [0.25, 0.3) is 11.0 Å². The van der Waals surface area contributed by atoms with Crippen molar-refractivity contribution in [1.29, 1.82) is 5.26 Å². The fraction of sp³-hybridized carbons (Fsp3) is 0.133. The van der Waals surface area contributed by atoms with Gasteiger partial charge < -0.3 is 9.55 Å². The molecule has 0 saturated carbocycles. The average Bonchev–Trinajstić information content (AvgIpc) is 2.73. The molecule has 0 saturated heterocycles. The lowest BCUT2D eigenvalue weighted by Crippen LogP contribution is -2.12. The molecular weight excluding hydrogens is 252 g/mol. The van der Waals surface area contributed by atoms with Crippen molar-refractivity contribution in [2.24, 2.45) is 0 Å². The highest BCUT2D eigenvalue weighted by Crippen LogP contribution is 2.21. The van der Waals surface area contributed by atoms with E-state index in [2.05, 4.69) is 16.0 Å². The van der Waals surface area contributed by atoms with Crippen LogP contribution in [0.2, 0.25) is 0 Å². The van der Waals surface area contributed by atoms with E-state index < -0.39 is 0 Å². The fourth-order valence-corrected chi connectivity index (χ4v) is 2.40. The number of aromatic nitrogens is 3. The summed E-state index contributed by atoms with van der Waals surface area (Å²) in [5.74, 6) is 0. The van der Waals surface area contributed by atoms with E-state index >= 15 is 0 Å². The van der Waals surface area contributed by atoms with Gasteiger partial charge in [0.1, 0.15) is 17.1 Å². The van der Waals surface area contributed by atoms with Gasteiger partial charge in [-0.2, -0.15) is 5.26 Å². The zero-order chi connectivity index (χ0) is 14.1. The highest BCUT2D eigenvalue weighted by Gasteiger charge is 2.17. The predicted molar refractivity (Wildman–Crippen MR) is 75.3 cm³/mol. The first-order valence-electron chi connectivity index (χ1n) is 6.23. The van der Waals surface area contributed by atoms with Crippen LogP contribution in [-0.2, 0) is 6.54 Å². The number of nitrogens with zero attached hydrogens (tertiary/aromatic N) is 3. The number of hydrogen-bond acceptors (Lipinski definition) is 3. The van der Waals surface area contributed by atoms with E-state index in [0.717, 1.165) is 11.3 Å². The van der Waals surface area contributed by atoms with Crippen LogP contribution in [0, 0.1) is 18.3 Å². The Labute approximate surface area is 115 Å². The highest BCUT2D eigenvalue weighted by atomic mass is 16.1. The summed E-state index contributed by atoms with van der Waals surface area (Å²) in [5, 5.41) is 9.27.